The molecule has 1 rings (SSSR count). The van der Waals surface area contributed by atoms with E-state index in [1.807, 2.05) is 12.1 Å². The third-order valence-electron chi connectivity index (χ3n) is 2.97. The van der Waals surface area contributed by atoms with E-state index in [2.05, 4.69) is 26.1 Å². The van der Waals surface area contributed by atoms with Crippen LogP contribution in [0.2, 0.25) is 0 Å². The fourth-order valence-electron chi connectivity index (χ4n) is 1.48. The molecular formula is C14H25NO3. The van der Waals surface area contributed by atoms with E-state index in [-0.39, 0.29) is 11.7 Å². The first kappa shape index (κ1) is 15.2. The lowest BCUT2D eigenvalue weighted by atomic mass is 10.1. The SMILES string of the molecule is COC(C)(C)CCOC(C)CNCc1ccco1. The zero-order valence-corrected chi connectivity index (χ0v) is 11.9. The molecule has 0 aliphatic heterocycles. The molecular weight excluding hydrogens is 230 g/mol. The van der Waals surface area contributed by atoms with Gasteiger partial charge < -0.3 is 19.2 Å². The van der Waals surface area contributed by atoms with Gasteiger partial charge in [-0.05, 0) is 39.3 Å². The highest BCUT2D eigenvalue weighted by Gasteiger charge is 2.16. The second-order valence-electron chi connectivity index (χ2n) is 5.11. The molecule has 0 aliphatic rings. The predicted molar refractivity (Wildman–Crippen MR) is 71.5 cm³/mol. The molecule has 1 unspecified atom stereocenters. The van der Waals surface area contributed by atoms with Crippen LogP contribution in [0.4, 0.5) is 0 Å². The average molecular weight is 255 g/mol. The monoisotopic (exact) mass is 255 g/mol. The van der Waals surface area contributed by atoms with Gasteiger partial charge in [-0.2, -0.15) is 0 Å². The molecule has 18 heavy (non-hydrogen) atoms. The Labute approximate surface area is 110 Å². The molecule has 0 amide bonds. The standard InChI is InChI=1S/C14H25NO3/c1-12(17-9-7-14(2,3)16-4)10-15-11-13-6-5-8-18-13/h5-6,8,12,15H,7,9-11H2,1-4H3. The Morgan fingerprint density at radius 1 is 1.44 bits per heavy atom. The first-order valence-corrected chi connectivity index (χ1v) is 6.43. The molecule has 0 fully saturated rings. The van der Waals surface area contributed by atoms with E-state index in [0.29, 0.717) is 6.61 Å². The van der Waals surface area contributed by atoms with Crippen LogP contribution in [0, 0.1) is 0 Å². The van der Waals surface area contributed by atoms with Crippen LogP contribution in [0.15, 0.2) is 22.8 Å². The highest BCUT2D eigenvalue weighted by molar-refractivity contribution is 4.97. The van der Waals surface area contributed by atoms with E-state index >= 15 is 0 Å². The van der Waals surface area contributed by atoms with Crippen LogP contribution in [-0.2, 0) is 16.0 Å². The first-order chi connectivity index (χ1) is 8.53. The van der Waals surface area contributed by atoms with Gasteiger partial charge in [0.2, 0.25) is 0 Å². The minimum atomic E-state index is -0.110. The summed E-state index contributed by atoms with van der Waals surface area (Å²) in [4.78, 5) is 0. The molecule has 0 aromatic carbocycles. The van der Waals surface area contributed by atoms with Crippen molar-refractivity contribution in [2.24, 2.45) is 0 Å². The van der Waals surface area contributed by atoms with E-state index < -0.39 is 0 Å². The zero-order valence-electron chi connectivity index (χ0n) is 11.9. The zero-order chi connectivity index (χ0) is 13.4. The fraction of sp³-hybridized carbons (Fsp3) is 0.714. The van der Waals surface area contributed by atoms with Gasteiger partial charge in [-0.3, -0.25) is 0 Å². The molecule has 1 atom stereocenters. The van der Waals surface area contributed by atoms with Gasteiger partial charge in [-0.25, -0.2) is 0 Å². The average Bonchev–Trinajstić information content (AvgIpc) is 2.82. The second-order valence-corrected chi connectivity index (χ2v) is 5.11. The van der Waals surface area contributed by atoms with Crippen LogP contribution in [0.3, 0.4) is 0 Å². The molecule has 1 heterocycles. The van der Waals surface area contributed by atoms with Crippen molar-refractivity contribution in [2.45, 2.75) is 45.4 Å². The molecule has 0 aliphatic carbocycles. The lowest BCUT2D eigenvalue weighted by molar-refractivity contribution is -0.0230. The number of nitrogens with one attached hydrogen (secondary N) is 1. The Morgan fingerprint density at radius 3 is 2.83 bits per heavy atom. The predicted octanol–water partition coefficient (Wildman–Crippen LogP) is 2.59. The quantitative estimate of drug-likeness (QED) is 0.736. The molecule has 4 heteroatoms. The minimum Gasteiger partial charge on any atom is -0.468 e. The van der Waals surface area contributed by atoms with E-state index in [4.69, 9.17) is 13.9 Å². The van der Waals surface area contributed by atoms with Crippen LogP contribution in [0.25, 0.3) is 0 Å². The van der Waals surface area contributed by atoms with Gasteiger partial charge in [0.25, 0.3) is 0 Å². The smallest absolute Gasteiger partial charge is 0.117 e. The number of ether oxygens (including phenoxy) is 2. The second kappa shape index (κ2) is 7.56. The third-order valence-corrected chi connectivity index (χ3v) is 2.97. The van der Waals surface area contributed by atoms with Crippen molar-refractivity contribution < 1.29 is 13.9 Å². The number of rotatable bonds is 9. The van der Waals surface area contributed by atoms with Crippen LogP contribution in [0.5, 0.6) is 0 Å². The highest BCUT2D eigenvalue weighted by Crippen LogP contribution is 2.12. The minimum absolute atomic E-state index is 0.110. The molecule has 0 saturated heterocycles. The van der Waals surface area contributed by atoms with Gasteiger partial charge in [0, 0.05) is 20.3 Å². The van der Waals surface area contributed by atoms with Crippen LogP contribution < -0.4 is 5.32 Å². The summed E-state index contributed by atoms with van der Waals surface area (Å²) in [5.74, 6) is 0.947. The van der Waals surface area contributed by atoms with Crippen molar-refractivity contribution in [1.82, 2.24) is 5.32 Å². The lowest BCUT2D eigenvalue weighted by Crippen LogP contribution is -2.29. The van der Waals surface area contributed by atoms with Gasteiger partial charge in [-0.1, -0.05) is 0 Å². The number of furan rings is 1. The van der Waals surface area contributed by atoms with Crippen molar-refractivity contribution in [2.75, 3.05) is 20.3 Å². The van der Waals surface area contributed by atoms with E-state index in [1.54, 1.807) is 13.4 Å². The molecule has 0 bridgehead atoms. The molecule has 0 radical (unpaired) electrons. The topological polar surface area (TPSA) is 43.6 Å². The summed E-state index contributed by atoms with van der Waals surface area (Å²) in [6, 6.07) is 3.85. The molecule has 0 spiro atoms. The van der Waals surface area contributed by atoms with Crippen LogP contribution in [0.1, 0.15) is 33.0 Å². The summed E-state index contributed by atoms with van der Waals surface area (Å²) >= 11 is 0. The summed E-state index contributed by atoms with van der Waals surface area (Å²) in [6.07, 6.45) is 2.77. The lowest BCUT2D eigenvalue weighted by Gasteiger charge is -2.23. The van der Waals surface area contributed by atoms with Crippen molar-refractivity contribution >= 4 is 0 Å². The molecule has 1 aromatic rings. The Bertz CT molecular complexity index is 309. The number of methoxy groups -OCH3 is 1. The molecule has 1 aromatic heterocycles. The Morgan fingerprint density at radius 2 is 2.22 bits per heavy atom. The largest absolute Gasteiger partial charge is 0.468 e. The maximum Gasteiger partial charge on any atom is 0.117 e. The first-order valence-electron chi connectivity index (χ1n) is 6.43. The van der Waals surface area contributed by atoms with E-state index in [0.717, 1.165) is 25.3 Å². The highest BCUT2D eigenvalue weighted by atomic mass is 16.5. The third kappa shape index (κ3) is 6.19. The Kier molecular flexibility index (Phi) is 6.39. The van der Waals surface area contributed by atoms with Gasteiger partial charge in [0.15, 0.2) is 0 Å². The van der Waals surface area contributed by atoms with E-state index in [1.165, 1.54) is 0 Å². The normalized spacial score (nSPS) is 13.8. The Hall–Kier alpha value is -0.840. The maximum absolute atomic E-state index is 5.73. The van der Waals surface area contributed by atoms with E-state index in [9.17, 15) is 0 Å². The van der Waals surface area contributed by atoms with Gasteiger partial charge >= 0.3 is 0 Å². The van der Waals surface area contributed by atoms with Crippen LogP contribution >= 0.6 is 0 Å². The summed E-state index contributed by atoms with van der Waals surface area (Å²) in [5, 5.41) is 3.30. The maximum atomic E-state index is 5.73. The number of hydrogen-bond acceptors (Lipinski definition) is 4. The molecule has 1 N–H and O–H groups in total. The van der Waals surface area contributed by atoms with Crippen molar-refractivity contribution in [3.8, 4) is 0 Å². The van der Waals surface area contributed by atoms with Crippen molar-refractivity contribution in [3.63, 3.8) is 0 Å². The molecule has 0 saturated carbocycles. The van der Waals surface area contributed by atoms with Gasteiger partial charge in [-0.15, -0.1) is 0 Å². The summed E-state index contributed by atoms with van der Waals surface area (Å²) in [7, 11) is 1.73. The number of hydrogen-bond donors (Lipinski definition) is 1. The van der Waals surface area contributed by atoms with Crippen LogP contribution in [-0.4, -0.2) is 32.0 Å². The van der Waals surface area contributed by atoms with Gasteiger partial charge in [0.1, 0.15) is 5.76 Å². The summed E-state index contributed by atoms with van der Waals surface area (Å²) in [6.45, 7) is 8.46. The summed E-state index contributed by atoms with van der Waals surface area (Å²) in [5.41, 5.74) is -0.110. The fourth-order valence-corrected chi connectivity index (χ4v) is 1.48. The molecule has 104 valence electrons. The Balaban J connectivity index is 2.05. The summed E-state index contributed by atoms with van der Waals surface area (Å²) < 4.78 is 16.3. The molecule has 4 nitrogen and oxygen atoms in total. The van der Waals surface area contributed by atoms with Gasteiger partial charge in [0.05, 0.1) is 24.5 Å². The van der Waals surface area contributed by atoms with Crippen molar-refractivity contribution in [3.05, 3.63) is 24.2 Å². The van der Waals surface area contributed by atoms with Crippen molar-refractivity contribution in [1.29, 1.82) is 0 Å².